The van der Waals surface area contributed by atoms with E-state index in [1.807, 2.05) is 13.8 Å². The first-order valence-electron chi connectivity index (χ1n) is 6.27. The van der Waals surface area contributed by atoms with Crippen LogP contribution in [0.2, 0.25) is 0 Å². The molecule has 94 valence electrons. The first kappa shape index (κ1) is 13.5. The van der Waals surface area contributed by atoms with E-state index in [1.165, 1.54) is 0 Å². The molecule has 1 aliphatic heterocycles. The Morgan fingerprint density at radius 2 is 2.12 bits per heavy atom. The van der Waals surface area contributed by atoms with Crippen LogP contribution in [0.3, 0.4) is 0 Å². The minimum Gasteiger partial charge on any atom is -0.376 e. The van der Waals surface area contributed by atoms with Gasteiger partial charge in [-0.05, 0) is 31.8 Å². The minimum absolute atomic E-state index is 0.129. The van der Waals surface area contributed by atoms with Gasteiger partial charge in [0.15, 0.2) is 0 Å². The highest BCUT2D eigenvalue weighted by atomic mass is 16.5. The fraction of sp³-hybridized carbons (Fsp3) is 0.917. The normalized spacial score (nSPS) is 17.7. The van der Waals surface area contributed by atoms with Crippen molar-refractivity contribution >= 4 is 5.91 Å². The van der Waals surface area contributed by atoms with Crippen LogP contribution in [-0.4, -0.2) is 38.3 Å². The average Bonchev–Trinajstić information content (AvgIpc) is 2.25. The molecule has 0 bridgehead atoms. The third kappa shape index (κ3) is 6.08. The summed E-state index contributed by atoms with van der Waals surface area (Å²) >= 11 is 0. The summed E-state index contributed by atoms with van der Waals surface area (Å²) in [5, 5.41) is 6.17. The monoisotopic (exact) mass is 228 g/mol. The van der Waals surface area contributed by atoms with Gasteiger partial charge in [-0.25, -0.2) is 0 Å². The quantitative estimate of drug-likeness (QED) is 0.665. The molecule has 1 aliphatic rings. The summed E-state index contributed by atoms with van der Waals surface area (Å²) in [5.74, 6) is 0.550. The Kier molecular flexibility index (Phi) is 6.42. The van der Waals surface area contributed by atoms with Crippen LogP contribution in [0.5, 0.6) is 0 Å². The zero-order valence-electron chi connectivity index (χ0n) is 10.4. The Morgan fingerprint density at radius 1 is 1.44 bits per heavy atom. The molecule has 1 heterocycles. The molecule has 1 fully saturated rings. The number of carbonyl (C=O) groups is 1. The maximum Gasteiger partial charge on any atom is 0.220 e. The van der Waals surface area contributed by atoms with Crippen LogP contribution in [0.1, 0.15) is 33.1 Å². The van der Waals surface area contributed by atoms with Gasteiger partial charge in [0.2, 0.25) is 5.91 Å². The second-order valence-corrected chi connectivity index (χ2v) is 4.77. The lowest BCUT2D eigenvalue weighted by Gasteiger charge is -2.22. The Balaban J connectivity index is 1.96. The molecule has 1 saturated heterocycles. The lowest BCUT2D eigenvalue weighted by molar-refractivity contribution is -0.122. The molecule has 0 aromatic rings. The number of piperidine rings is 1. The SMILES string of the molecule is CC(C)CC(=O)NCCOC1CCNCC1. The van der Waals surface area contributed by atoms with Crippen molar-refractivity contribution in [3.05, 3.63) is 0 Å². The third-order valence-electron chi connectivity index (χ3n) is 2.66. The van der Waals surface area contributed by atoms with Crippen LogP contribution in [-0.2, 0) is 9.53 Å². The summed E-state index contributed by atoms with van der Waals surface area (Å²) in [6.07, 6.45) is 3.15. The highest BCUT2D eigenvalue weighted by Crippen LogP contribution is 2.06. The van der Waals surface area contributed by atoms with Crippen molar-refractivity contribution in [1.82, 2.24) is 10.6 Å². The van der Waals surface area contributed by atoms with E-state index in [-0.39, 0.29) is 5.91 Å². The largest absolute Gasteiger partial charge is 0.376 e. The van der Waals surface area contributed by atoms with E-state index in [1.54, 1.807) is 0 Å². The van der Waals surface area contributed by atoms with Gasteiger partial charge in [-0.2, -0.15) is 0 Å². The van der Waals surface area contributed by atoms with Crippen molar-refractivity contribution in [1.29, 1.82) is 0 Å². The van der Waals surface area contributed by atoms with E-state index >= 15 is 0 Å². The van der Waals surface area contributed by atoms with Gasteiger partial charge in [0, 0.05) is 13.0 Å². The van der Waals surface area contributed by atoms with Gasteiger partial charge in [0.05, 0.1) is 12.7 Å². The predicted octanol–water partition coefficient (Wildman–Crippen LogP) is 0.917. The van der Waals surface area contributed by atoms with Crippen LogP contribution in [0.15, 0.2) is 0 Å². The number of hydrogen-bond acceptors (Lipinski definition) is 3. The van der Waals surface area contributed by atoms with Gasteiger partial charge >= 0.3 is 0 Å². The molecule has 16 heavy (non-hydrogen) atoms. The summed E-state index contributed by atoms with van der Waals surface area (Å²) in [4.78, 5) is 11.3. The number of rotatable bonds is 6. The second kappa shape index (κ2) is 7.63. The zero-order valence-corrected chi connectivity index (χ0v) is 10.4. The van der Waals surface area contributed by atoms with E-state index in [4.69, 9.17) is 4.74 Å². The molecule has 0 atom stereocenters. The fourth-order valence-electron chi connectivity index (χ4n) is 1.82. The molecule has 4 nitrogen and oxygen atoms in total. The van der Waals surface area contributed by atoms with Crippen LogP contribution in [0.4, 0.5) is 0 Å². The molecule has 0 aromatic carbocycles. The number of ether oxygens (including phenoxy) is 1. The number of amides is 1. The molecule has 1 rings (SSSR count). The van der Waals surface area contributed by atoms with Gasteiger partial charge in [-0.3, -0.25) is 4.79 Å². The van der Waals surface area contributed by atoms with Crippen molar-refractivity contribution in [2.45, 2.75) is 39.2 Å². The Labute approximate surface area is 98.1 Å². The van der Waals surface area contributed by atoms with Crippen LogP contribution >= 0.6 is 0 Å². The lowest BCUT2D eigenvalue weighted by atomic mass is 10.1. The molecule has 0 spiro atoms. The number of nitrogens with one attached hydrogen (secondary N) is 2. The van der Waals surface area contributed by atoms with E-state index < -0.39 is 0 Å². The molecule has 0 aliphatic carbocycles. The van der Waals surface area contributed by atoms with E-state index in [0.717, 1.165) is 25.9 Å². The highest BCUT2D eigenvalue weighted by molar-refractivity contribution is 5.75. The maximum atomic E-state index is 11.3. The third-order valence-corrected chi connectivity index (χ3v) is 2.66. The molecule has 2 N–H and O–H groups in total. The predicted molar refractivity (Wildman–Crippen MR) is 64.3 cm³/mol. The van der Waals surface area contributed by atoms with Crippen molar-refractivity contribution in [2.24, 2.45) is 5.92 Å². The topological polar surface area (TPSA) is 50.4 Å². The fourth-order valence-corrected chi connectivity index (χ4v) is 1.82. The van der Waals surface area contributed by atoms with E-state index in [0.29, 0.717) is 31.6 Å². The Hall–Kier alpha value is -0.610. The molecule has 0 unspecified atom stereocenters. The van der Waals surface area contributed by atoms with Crippen molar-refractivity contribution < 1.29 is 9.53 Å². The Morgan fingerprint density at radius 3 is 2.75 bits per heavy atom. The van der Waals surface area contributed by atoms with Gasteiger partial charge < -0.3 is 15.4 Å². The number of carbonyl (C=O) groups excluding carboxylic acids is 1. The van der Waals surface area contributed by atoms with E-state index in [2.05, 4.69) is 10.6 Å². The average molecular weight is 228 g/mol. The summed E-state index contributed by atoms with van der Waals surface area (Å²) in [7, 11) is 0. The summed E-state index contributed by atoms with van der Waals surface area (Å²) in [5.41, 5.74) is 0. The molecule has 0 aromatic heterocycles. The first-order chi connectivity index (χ1) is 7.68. The highest BCUT2D eigenvalue weighted by Gasteiger charge is 2.12. The van der Waals surface area contributed by atoms with Gasteiger partial charge in [0.25, 0.3) is 0 Å². The number of hydrogen-bond donors (Lipinski definition) is 2. The van der Waals surface area contributed by atoms with Crippen LogP contribution < -0.4 is 10.6 Å². The zero-order chi connectivity index (χ0) is 11.8. The molecular weight excluding hydrogens is 204 g/mol. The van der Waals surface area contributed by atoms with Crippen molar-refractivity contribution in [2.75, 3.05) is 26.2 Å². The van der Waals surface area contributed by atoms with Crippen LogP contribution in [0.25, 0.3) is 0 Å². The molecule has 1 amide bonds. The first-order valence-corrected chi connectivity index (χ1v) is 6.27. The Bertz CT molecular complexity index is 201. The maximum absolute atomic E-state index is 11.3. The molecule has 4 heteroatoms. The standard InChI is InChI=1S/C12H24N2O2/c1-10(2)9-12(15)14-7-8-16-11-3-5-13-6-4-11/h10-11,13H,3-9H2,1-2H3,(H,14,15). The molecular formula is C12H24N2O2. The molecule has 0 saturated carbocycles. The second-order valence-electron chi connectivity index (χ2n) is 4.77. The minimum atomic E-state index is 0.129. The smallest absolute Gasteiger partial charge is 0.220 e. The summed E-state index contributed by atoms with van der Waals surface area (Å²) in [6, 6.07) is 0. The van der Waals surface area contributed by atoms with Gasteiger partial charge in [-0.1, -0.05) is 13.8 Å². The van der Waals surface area contributed by atoms with Gasteiger partial charge in [0.1, 0.15) is 0 Å². The molecule has 0 radical (unpaired) electrons. The van der Waals surface area contributed by atoms with Crippen molar-refractivity contribution in [3.8, 4) is 0 Å². The van der Waals surface area contributed by atoms with E-state index in [9.17, 15) is 4.79 Å². The lowest BCUT2D eigenvalue weighted by Crippen LogP contribution is -2.35. The van der Waals surface area contributed by atoms with Crippen LogP contribution in [0, 0.1) is 5.92 Å². The summed E-state index contributed by atoms with van der Waals surface area (Å²) < 4.78 is 5.68. The van der Waals surface area contributed by atoms with Gasteiger partial charge in [-0.15, -0.1) is 0 Å². The van der Waals surface area contributed by atoms with Crippen molar-refractivity contribution in [3.63, 3.8) is 0 Å². The summed E-state index contributed by atoms with van der Waals surface area (Å²) in [6.45, 7) is 7.45.